The van der Waals surface area contributed by atoms with Crippen LogP contribution < -0.4 is 4.74 Å². The molecule has 1 aromatic carbocycles. The Hall–Kier alpha value is -1.84. The molecule has 0 saturated carbocycles. The Bertz CT molecular complexity index is 463. The van der Waals surface area contributed by atoms with E-state index in [-0.39, 0.29) is 5.60 Å². The summed E-state index contributed by atoms with van der Waals surface area (Å²) in [5.74, 6) is 1.33. The average Bonchev–Trinajstić information content (AvgIpc) is 2.76. The number of hydrogen-bond acceptors (Lipinski definition) is 3. The summed E-state index contributed by atoms with van der Waals surface area (Å²) in [5.41, 5.74) is 1.23. The lowest BCUT2D eigenvalue weighted by Crippen LogP contribution is -2.49. The Labute approximate surface area is 107 Å². The molecule has 0 aliphatic carbocycles. The number of benzene rings is 1. The summed E-state index contributed by atoms with van der Waals surface area (Å²) >= 11 is 0. The van der Waals surface area contributed by atoms with Crippen molar-refractivity contribution in [3.8, 4) is 5.75 Å². The number of piperidine rings is 1. The first-order valence-electron chi connectivity index (χ1n) is 6.33. The van der Waals surface area contributed by atoms with Crippen LogP contribution in [0.3, 0.4) is 0 Å². The standard InChI is InChI=1S/C14H17N3O/c15-10-13(16)17-7-5-14(6-8-17)9-11-3-1-2-4-12(11)18-14/h1-4,10,15-16H,5-9H2. The molecule has 4 nitrogen and oxygen atoms in total. The van der Waals surface area contributed by atoms with Crippen LogP contribution in [0.1, 0.15) is 18.4 Å². The first kappa shape index (κ1) is 11.3. The van der Waals surface area contributed by atoms with E-state index in [0.717, 1.165) is 44.3 Å². The van der Waals surface area contributed by atoms with Gasteiger partial charge in [-0.1, -0.05) is 18.2 Å². The van der Waals surface area contributed by atoms with E-state index in [9.17, 15) is 0 Å². The molecule has 0 atom stereocenters. The molecule has 1 spiro atoms. The number of likely N-dealkylation sites (tertiary alicyclic amines) is 1. The van der Waals surface area contributed by atoms with Crippen LogP contribution in [0.5, 0.6) is 5.75 Å². The van der Waals surface area contributed by atoms with E-state index in [0.29, 0.717) is 5.84 Å². The van der Waals surface area contributed by atoms with E-state index in [1.807, 2.05) is 17.0 Å². The Morgan fingerprint density at radius 2 is 2.00 bits per heavy atom. The van der Waals surface area contributed by atoms with E-state index in [2.05, 4.69) is 12.1 Å². The van der Waals surface area contributed by atoms with Crippen molar-refractivity contribution in [1.82, 2.24) is 4.90 Å². The molecule has 94 valence electrons. The molecule has 2 N–H and O–H groups in total. The van der Waals surface area contributed by atoms with Gasteiger partial charge in [0.1, 0.15) is 17.2 Å². The lowest BCUT2D eigenvalue weighted by atomic mass is 9.87. The number of amidine groups is 1. The fourth-order valence-electron chi connectivity index (χ4n) is 2.89. The topological polar surface area (TPSA) is 60.2 Å². The second-order valence-electron chi connectivity index (χ2n) is 5.09. The Kier molecular flexibility index (Phi) is 2.58. The van der Waals surface area contributed by atoms with E-state index in [1.54, 1.807) is 0 Å². The van der Waals surface area contributed by atoms with Gasteiger partial charge < -0.3 is 15.0 Å². The maximum Gasteiger partial charge on any atom is 0.138 e. The van der Waals surface area contributed by atoms with Gasteiger partial charge in [-0.05, 0) is 11.6 Å². The van der Waals surface area contributed by atoms with E-state index >= 15 is 0 Å². The van der Waals surface area contributed by atoms with Gasteiger partial charge in [0.25, 0.3) is 0 Å². The van der Waals surface area contributed by atoms with Crippen molar-refractivity contribution in [2.45, 2.75) is 24.9 Å². The highest BCUT2D eigenvalue weighted by Gasteiger charge is 2.41. The van der Waals surface area contributed by atoms with E-state index in [4.69, 9.17) is 15.6 Å². The molecule has 1 saturated heterocycles. The minimum Gasteiger partial charge on any atom is -0.487 e. The molecule has 2 aliphatic rings. The van der Waals surface area contributed by atoms with Gasteiger partial charge in [0, 0.05) is 32.4 Å². The van der Waals surface area contributed by atoms with Crippen LogP contribution in [-0.2, 0) is 6.42 Å². The number of fused-ring (bicyclic) bond motifs is 1. The third kappa shape index (κ3) is 1.78. The normalized spacial score (nSPS) is 20.3. The van der Waals surface area contributed by atoms with Gasteiger partial charge in [0.05, 0.1) is 6.21 Å². The van der Waals surface area contributed by atoms with Crippen molar-refractivity contribution in [1.29, 1.82) is 10.8 Å². The quantitative estimate of drug-likeness (QED) is 0.586. The summed E-state index contributed by atoms with van der Waals surface area (Å²) in [6.07, 6.45) is 3.95. The summed E-state index contributed by atoms with van der Waals surface area (Å²) in [6.45, 7) is 1.62. The van der Waals surface area contributed by atoms with Crippen molar-refractivity contribution in [3.05, 3.63) is 29.8 Å². The van der Waals surface area contributed by atoms with Crippen LogP contribution in [0.25, 0.3) is 0 Å². The maximum atomic E-state index is 7.66. The molecule has 0 aromatic heterocycles. The first-order chi connectivity index (χ1) is 8.72. The molecule has 3 rings (SSSR count). The summed E-state index contributed by atoms with van der Waals surface area (Å²) < 4.78 is 6.14. The smallest absolute Gasteiger partial charge is 0.138 e. The van der Waals surface area contributed by atoms with Crippen molar-refractivity contribution >= 4 is 12.1 Å². The third-order valence-electron chi connectivity index (χ3n) is 3.96. The highest BCUT2D eigenvalue weighted by atomic mass is 16.5. The fourth-order valence-corrected chi connectivity index (χ4v) is 2.89. The zero-order valence-corrected chi connectivity index (χ0v) is 10.3. The molecule has 1 fully saturated rings. The zero-order chi connectivity index (χ0) is 12.6. The average molecular weight is 243 g/mol. The first-order valence-corrected chi connectivity index (χ1v) is 6.33. The van der Waals surface area contributed by atoms with Crippen LogP contribution in [0.15, 0.2) is 24.3 Å². The van der Waals surface area contributed by atoms with E-state index in [1.165, 1.54) is 5.56 Å². The van der Waals surface area contributed by atoms with E-state index < -0.39 is 0 Å². The molecule has 2 heterocycles. The third-order valence-corrected chi connectivity index (χ3v) is 3.96. The van der Waals surface area contributed by atoms with Crippen molar-refractivity contribution in [2.24, 2.45) is 0 Å². The predicted octanol–water partition coefficient (Wildman–Crippen LogP) is 2.08. The van der Waals surface area contributed by atoms with Gasteiger partial charge in [0.2, 0.25) is 0 Å². The van der Waals surface area contributed by atoms with Crippen molar-refractivity contribution < 1.29 is 4.74 Å². The Morgan fingerprint density at radius 3 is 2.67 bits per heavy atom. The molecule has 2 aliphatic heterocycles. The van der Waals surface area contributed by atoms with Gasteiger partial charge >= 0.3 is 0 Å². The van der Waals surface area contributed by atoms with Gasteiger partial charge in [-0.2, -0.15) is 0 Å². The lowest BCUT2D eigenvalue weighted by molar-refractivity contribution is 0.0380. The molecule has 1 aromatic rings. The predicted molar refractivity (Wildman–Crippen MR) is 70.8 cm³/mol. The van der Waals surface area contributed by atoms with Gasteiger partial charge in [0.15, 0.2) is 0 Å². The minimum absolute atomic E-state index is 0.0670. The lowest BCUT2D eigenvalue weighted by Gasteiger charge is -2.39. The second kappa shape index (κ2) is 4.12. The molecule has 0 amide bonds. The molecule has 0 radical (unpaired) electrons. The molecule has 0 bridgehead atoms. The second-order valence-corrected chi connectivity index (χ2v) is 5.09. The summed E-state index contributed by atoms with van der Waals surface area (Å²) in [6, 6.07) is 8.24. The number of nitrogens with zero attached hydrogens (tertiary/aromatic N) is 1. The minimum atomic E-state index is -0.0670. The van der Waals surface area contributed by atoms with Gasteiger partial charge in [-0.15, -0.1) is 0 Å². The monoisotopic (exact) mass is 243 g/mol. The van der Waals surface area contributed by atoms with Crippen molar-refractivity contribution in [2.75, 3.05) is 13.1 Å². The molecular formula is C14H17N3O. The molecule has 0 unspecified atom stereocenters. The molecular weight excluding hydrogens is 226 g/mol. The largest absolute Gasteiger partial charge is 0.487 e. The number of rotatable bonds is 1. The van der Waals surface area contributed by atoms with Crippen LogP contribution in [-0.4, -0.2) is 35.6 Å². The van der Waals surface area contributed by atoms with Crippen LogP contribution in [0.4, 0.5) is 0 Å². The summed E-state index contributed by atoms with van der Waals surface area (Å²) in [4.78, 5) is 1.95. The van der Waals surface area contributed by atoms with Crippen LogP contribution in [0, 0.1) is 10.8 Å². The van der Waals surface area contributed by atoms with Gasteiger partial charge in [-0.25, -0.2) is 0 Å². The molecule has 18 heavy (non-hydrogen) atoms. The van der Waals surface area contributed by atoms with Gasteiger partial charge in [-0.3, -0.25) is 5.41 Å². The number of ether oxygens (including phenoxy) is 1. The SMILES string of the molecule is N=CC(=N)N1CCC2(CC1)Cc1ccccc1O2. The number of hydrogen-bond donors (Lipinski definition) is 2. The van der Waals surface area contributed by atoms with Crippen molar-refractivity contribution in [3.63, 3.8) is 0 Å². The highest BCUT2D eigenvalue weighted by Crippen LogP contribution is 2.40. The summed E-state index contributed by atoms with van der Waals surface area (Å²) in [5, 5.41) is 14.8. The summed E-state index contributed by atoms with van der Waals surface area (Å²) in [7, 11) is 0. The zero-order valence-electron chi connectivity index (χ0n) is 10.3. The fraction of sp³-hybridized carbons (Fsp3) is 0.429. The maximum absolute atomic E-state index is 7.66. The van der Waals surface area contributed by atoms with Crippen LogP contribution in [0.2, 0.25) is 0 Å². The highest BCUT2D eigenvalue weighted by molar-refractivity contribution is 6.26. The number of para-hydroxylation sites is 1. The molecule has 4 heteroatoms. The Balaban J connectivity index is 1.71. The number of nitrogens with one attached hydrogen (secondary N) is 2. The Morgan fingerprint density at radius 1 is 1.28 bits per heavy atom. The van der Waals surface area contributed by atoms with Crippen LogP contribution >= 0.6 is 0 Å².